The Hall–Kier alpha value is -2.48. The molecule has 0 saturated carbocycles. The van der Waals surface area contributed by atoms with Gasteiger partial charge in [-0.1, -0.05) is 88.1 Å². The molecule has 132 valence electrons. The lowest BCUT2D eigenvalue weighted by Gasteiger charge is -2.15. The molecule has 0 aliphatic heterocycles. The molecule has 0 saturated heterocycles. The molecule has 1 aromatic heterocycles. The molecule has 0 aliphatic carbocycles. The molecular formula is C24H26N2. The lowest BCUT2D eigenvalue weighted by molar-refractivity contribution is 0.445. The topological polar surface area (TPSA) is 25.8 Å². The summed E-state index contributed by atoms with van der Waals surface area (Å²) in [6.45, 7) is 4.55. The van der Waals surface area contributed by atoms with E-state index in [9.17, 15) is 0 Å². The fraction of sp³-hybridized carbons (Fsp3) is 0.333. The maximum Gasteiger partial charge on any atom is 0.0975 e. The summed E-state index contributed by atoms with van der Waals surface area (Å²) in [5, 5.41) is 4.92. The van der Waals surface area contributed by atoms with Crippen molar-refractivity contribution in [3.8, 4) is 0 Å². The van der Waals surface area contributed by atoms with Crippen LogP contribution in [-0.2, 0) is 6.42 Å². The number of nitrogens with zero attached hydrogens (tertiary/aromatic N) is 2. The van der Waals surface area contributed by atoms with Crippen LogP contribution in [0, 0.1) is 5.92 Å². The minimum absolute atomic E-state index is 0.702. The second-order valence-corrected chi connectivity index (χ2v) is 7.27. The minimum atomic E-state index is 0.702. The van der Waals surface area contributed by atoms with Crippen molar-refractivity contribution in [3.63, 3.8) is 0 Å². The van der Waals surface area contributed by atoms with E-state index in [1.165, 1.54) is 47.2 Å². The number of rotatable bonds is 6. The molecule has 0 aliphatic rings. The maximum atomic E-state index is 5.09. The largest absolute Gasteiger partial charge is 0.252 e. The fourth-order valence-corrected chi connectivity index (χ4v) is 4.00. The van der Waals surface area contributed by atoms with Crippen molar-refractivity contribution in [1.82, 2.24) is 9.97 Å². The van der Waals surface area contributed by atoms with Gasteiger partial charge in [0.15, 0.2) is 0 Å². The van der Waals surface area contributed by atoms with Crippen LogP contribution in [0.25, 0.3) is 32.6 Å². The standard InChI is InChI=1S/C24H26N2/c1-3-5-10-17(4-2)15-18-16-25-23-21-13-8-6-11-19(21)20-12-7-9-14-22(20)24(23)26-18/h6-9,11-14,16-17H,3-5,10,15H2,1-2H3. The fourth-order valence-electron chi connectivity index (χ4n) is 4.00. The highest BCUT2D eigenvalue weighted by molar-refractivity contribution is 6.22. The summed E-state index contributed by atoms with van der Waals surface area (Å²) in [5.74, 6) is 0.702. The lowest BCUT2D eigenvalue weighted by atomic mass is 9.94. The summed E-state index contributed by atoms with van der Waals surface area (Å²) in [7, 11) is 0. The molecule has 3 aromatic carbocycles. The highest BCUT2D eigenvalue weighted by Crippen LogP contribution is 2.33. The van der Waals surface area contributed by atoms with Gasteiger partial charge in [-0.25, -0.2) is 4.98 Å². The van der Waals surface area contributed by atoms with Crippen LogP contribution in [0.15, 0.2) is 54.7 Å². The molecule has 0 N–H and O–H groups in total. The molecule has 2 nitrogen and oxygen atoms in total. The minimum Gasteiger partial charge on any atom is -0.252 e. The molecule has 1 unspecified atom stereocenters. The van der Waals surface area contributed by atoms with Gasteiger partial charge < -0.3 is 0 Å². The van der Waals surface area contributed by atoms with E-state index in [0.29, 0.717) is 5.92 Å². The highest BCUT2D eigenvalue weighted by atomic mass is 14.8. The predicted octanol–water partition coefficient (Wildman–Crippen LogP) is 6.70. The average Bonchev–Trinajstić information content (AvgIpc) is 2.71. The predicted molar refractivity (Wildman–Crippen MR) is 112 cm³/mol. The van der Waals surface area contributed by atoms with E-state index in [1.54, 1.807) is 0 Å². The van der Waals surface area contributed by atoms with Gasteiger partial charge >= 0.3 is 0 Å². The van der Waals surface area contributed by atoms with Crippen molar-refractivity contribution >= 4 is 32.6 Å². The molecule has 0 bridgehead atoms. The third kappa shape index (κ3) is 3.05. The Labute approximate surface area is 155 Å². The first-order valence-electron chi connectivity index (χ1n) is 9.86. The van der Waals surface area contributed by atoms with Crippen molar-refractivity contribution in [2.45, 2.75) is 46.0 Å². The third-order valence-electron chi connectivity index (χ3n) is 5.52. The third-order valence-corrected chi connectivity index (χ3v) is 5.52. The van der Waals surface area contributed by atoms with Gasteiger partial charge in [0.25, 0.3) is 0 Å². The van der Waals surface area contributed by atoms with Gasteiger partial charge in [0.2, 0.25) is 0 Å². The summed E-state index contributed by atoms with van der Waals surface area (Å²) in [4.78, 5) is 9.95. The Balaban J connectivity index is 1.88. The van der Waals surface area contributed by atoms with Gasteiger partial charge in [-0.3, -0.25) is 4.98 Å². The second-order valence-electron chi connectivity index (χ2n) is 7.27. The molecule has 1 heterocycles. The van der Waals surface area contributed by atoms with E-state index in [0.717, 1.165) is 23.1 Å². The van der Waals surface area contributed by atoms with Crippen LogP contribution in [-0.4, -0.2) is 9.97 Å². The SMILES string of the molecule is CCCCC(CC)Cc1cnc2c3ccccc3c3ccccc3c2n1. The maximum absolute atomic E-state index is 5.09. The van der Waals surface area contributed by atoms with Gasteiger partial charge in [-0.05, 0) is 23.1 Å². The number of aromatic nitrogens is 2. The van der Waals surface area contributed by atoms with Crippen molar-refractivity contribution in [2.75, 3.05) is 0 Å². The Bertz CT molecular complexity index is 1020. The summed E-state index contributed by atoms with van der Waals surface area (Å²) < 4.78 is 0. The molecule has 1 atom stereocenters. The van der Waals surface area contributed by atoms with Crippen LogP contribution < -0.4 is 0 Å². The van der Waals surface area contributed by atoms with Gasteiger partial charge in [-0.15, -0.1) is 0 Å². The zero-order valence-electron chi connectivity index (χ0n) is 15.7. The first-order chi connectivity index (χ1) is 12.8. The van der Waals surface area contributed by atoms with E-state index in [-0.39, 0.29) is 0 Å². The summed E-state index contributed by atoms with van der Waals surface area (Å²) in [6.07, 6.45) is 8.08. The van der Waals surface area contributed by atoms with Crippen molar-refractivity contribution < 1.29 is 0 Å². The van der Waals surface area contributed by atoms with E-state index in [2.05, 4.69) is 62.4 Å². The number of unbranched alkanes of at least 4 members (excludes halogenated alkanes) is 1. The zero-order valence-corrected chi connectivity index (χ0v) is 15.7. The molecule has 4 rings (SSSR count). The van der Waals surface area contributed by atoms with Crippen LogP contribution in [0.5, 0.6) is 0 Å². The van der Waals surface area contributed by atoms with Crippen LogP contribution in [0.1, 0.15) is 45.2 Å². The monoisotopic (exact) mass is 342 g/mol. The van der Waals surface area contributed by atoms with Crippen molar-refractivity contribution in [3.05, 3.63) is 60.4 Å². The average molecular weight is 342 g/mol. The molecule has 0 fully saturated rings. The Morgan fingerprint density at radius 3 is 2.04 bits per heavy atom. The van der Waals surface area contributed by atoms with Gasteiger partial charge in [0, 0.05) is 17.0 Å². The summed E-state index contributed by atoms with van der Waals surface area (Å²) in [6, 6.07) is 17.1. The van der Waals surface area contributed by atoms with Crippen LogP contribution in [0.3, 0.4) is 0 Å². The molecule has 0 spiro atoms. The molecular weight excluding hydrogens is 316 g/mol. The van der Waals surface area contributed by atoms with Gasteiger partial charge in [0.1, 0.15) is 0 Å². The van der Waals surface area contributed by atoms with E-state index in [1.807, 2.05) is 6.20 Å². The van der Waals surface area contributed by atoms with Gasteiger partial charge in [0.05, 0.1) is 16.7 Å². The van der Waals surface area contributed by atoms with Crippen molar-refractivity contribution in [2.24, 2.45) is 5.92 Å². The van der Waals surface area contributed by atoms with Gasteiger partial charge in [-0.2, -0.15) is 0 Å². The number of hydrogen-bond donors (Lipinski definition) is 0. The van der Waals surface area contributed by atoms with E-state index >= 15 is 0 Å². The number of hydrogen-bond acceptors (Lipinski definition) is 2. The Kier molecular flexibility index (Phi) is 4.83. The summed E-state index contributed by atoms with van der Waals surface area (Å²) >= 11 is 0. The number of benzene rings is 3. The number of fused-ring (bicyclic) bond motifs is 6. The Morgan fingerprint density at radius 1 is 0.808 bits per heavy atom. The Morgan fingerprint density at radius 2 is 1.42 bits per heavy atom. The second kappa shape index (κ2) is 7.41. The first kappa shape index (κ1) is 17.0. The van der Waals surface area contributed by atoms with Crippen LogP contribution >= 0.6 is 0 Å². The smallest absolute Gasteiger partial charge is 0.0975 e. The highest BCUT2D eigenvalue weighted by Gasteiger charge is 2.13. The molecule has 4 aromatic rings. The first-order valence-corrected chi connectivity index (χ1v) is 9.86. The van der Waals surface area contributed by atoms with E-state index in [4.69, 9.17) is 9.97 Å². The molecule has 0 amide bonds. The molecule has 26 heavy (non-hydrogen) atoms. The van der Waals surface area contributed by atoms with Crippen LogP contribution in [0.2, 0.25) is 0 Å². The molecule has 0 radical (unpaired) electrons. The quantitative estimate of drug-likeness (QED) is 0.365. The molecule has 2 heteroatoms. The normalized spacial score (nSPS) is 12.8. The van der Waals surface area contributed by atoms with Crippen LogP contribution in [0.4, 0.5) is 0 Å². The van der Waals surface area contributed by atoms with E-state index < -0.39 is 0 Å². The lowest BCUT2D eigenvalue weighted by Crippen LogP contribution is -2.06. The summed E-state index contributed by atoms with van der Waals surface area (Å²) in [5.41, 5.74) is 3.19. The zero-order chi connectivity index (χ0) is 17.9. The van der Waals surface area contributed by atoms with Crippen molar-refractivity contribution in [1.29, 1.82) is 0 Å².